The van der Waals surface area contributed by atoms with E-state index in [0.717, 1.165) is 16.8 Å². The summed E-state index contributed by atoms with van der Waals surface area (Å²) in [5, 5.41) is 2.87. The van der Waals surface area contributed by atoms with Gasteiger partial charge in [0, 0.05) is 22.4 Å². The number of oxazole rings is 1. The van der Waals surface area contributed by atoms with Crippen molar-refractivity contribution in [2.75, 3.05) is 19.5 Å². The van der Waals surface area contributed by atoms with Gasteiger partial charge in [0.15, 0.2) is 11.5 Å². The van der Waals surface area contributed by atoms with Gasteiger partial charge in [0.1, 0.15) is 12.0 Å². The van der Waals surface area contributed by atoms with Gasteiger partial charge in [-0.05, 0) is 42.5 Å². The molecular weight excluding hydrogens is 380 g/mol. The highest BCUT2D eigenvalue weighted by atomic mass is 16.5. The summed E-state index contributed by atoms with van der Waals surface area (Å²) >= 11 is 0. The van der Waals surface area contributed by atoms with Crippen LogP contribution in [0.5, 0.6) is 11.5 Å². The summed E-state index contributed by atoms with van der Waals surface area (Å²) in [6, 6.07) is 22.2. The number of benzene rings is 3. The van der Waals surface area contributed by atoms with Crippen LogP contribution >= 0.6 is 0 Å². The summed E-state index contributed by atoms with van der Waals surface area (Å²) in [4.78, 5) is 17.1. The number of carbonyl (C=O) groups is 1. The van der Waals surface area contributed by atoms with Crippen LogP contribution in [0.15, 0.2) is 83.5 Å². The summed E-state index contributed by atoms with van der Waals surface area (Å²) < 4.78 is 16.1. The average Bonchev–Trinajstić information content (AvgIpc) is 3.30. The Bertz CT molecular complexity index is 1150. The van der Waals surface area contributed by atoms with Gasteiger partial charge in [-0.15, -0.1) is 0 Å². The Morgan fingerprint density at radius 2 is 1.60 bits per heavy atom. The van der Waals surface area contributed by atoms with Crippen molar-refractivity contribution in [2.24, 2.45) is 0 Å². The van der Waals surface area contributed by atoms with Crippen molar-refractivity contribution in [3.8, 4) is 34.2 Å². The fourth-order valence-electron chi connectivity index (χ4n) is 3.02. The van der Waals surface area contributed by atoms with E-state index in [2.05, 4.69) is 10.3 Å². The predicted molar refractivity (Wildman–Crippen MR) is 115 cm³/mol. The van der Waals surface area contributed by atoms with Gasteiger partial charge in [-0.1, -0.05) is 30.3 Å². The minimum absolute atomic E-state index is 0.244. The number of anilines is 1. The first-order valence-corrected chi connectivity index (χ1v) is 9.32. The van der Waals surface area contributed by atoms with E-state index in [1.54, 1.807) is 43.7 Å². The van der Waals surface area contributed by atoms with E-state index >= 15 is 0 Å². The van der Waals surface area contributed by atoms with E-state index in [1.165, 1.54) is 7.11 Å². The molecule has 3 aromatic carbocycles. The zero-order valence-corrected chi connectivity index (χ0v) is 16.6. The molecule has 0 aliphatic heterocycles. The molecule has 0 spiro atoms. The smallest absolute Gasteiger partial charge is 0.255 e. The molecule has 0 aliphatic carbocycles. The third-order valence-electron chi connectivity index (χ3n) is 4.61. The second-order valence-electron chi connectivity index (χ2n) is 6.51. The highest BCUT2D eigenvalue weighted by Gasteiger charge is 2.12. The van der Waals surface area contributed by atoms with Gasteiger partial charge in [0.25, 0.3) is 5.91 Å². The molecule has 0 aliphatic rings. The van der Waals surface area contributed by atoms with Crippen LogP contribution in [0.1, 0.15) is 10.4 Å². The van der Waals surface area contributed by atoms with Crippen molar-refractivity contribution in [1.29, 1.82) is 0 Å². The van der Waals surface area contributed by atoms with Crippen molar-refractivity contribution >= 4 is 11.6 Å². The van der Waals surface area contributed by atoms with Gasteiger partial charge in [0.05, 0.1) is 14.2 Å². The molecule has 6 nitrogen and oxygen atoms in total. The number of aromatic nitrogens is 1. The number of nitrogens with zero attached hydrogens (tertiary/aromatic N) is 1. The molecule has 0 fully saturated rings. The van der Waals surface area contributed by atoms with Crippen molar-refractivity contribution in [3.05, 3.63) is 84.6 Å². The molecule has 1 aromatic heterocycles. The quantitative estimate of drug-likeness (QED) is 0.477. The maximum atomic E-state index is 12.6. The third kappa shape index (κ3) is 4.03. The fourth-order valence-corrected chi connectivity index (χ4v) is 3.02. The molecule has 150 valence electrons. The first kappa shape index (κ1) is 19.3. The summed E-state index contributed by atoms with van der Waals surface area (Å²) in [7, 11) is 3.08. The Balaban J connectivity index is 1.48. The van der Waals surface area contributed by atoms with Gasteiger partial charge in [-0.25, -0.2) is 4.98 Å². The topological polar surface area (TPSA) is 73.6 Å². The van der Waals surface area contributed by atoms with Crippen LogP contribution in [-0.2, 0) is 0 Å². The highest BCUT2D eigenvalue weighted by molar-refractivity contribution is 6.04. The van der Waals surface area contributed by atoms with Gasteiger partial charge >= 0.3 is 0 Å². The van der Waals surface area contributed by atoms with Gasteiger partial charge in [-0.3, -0.25) is 4.79 Å². The minimum atomic E-state index is -0.244. The van der Waals surface area contributed by atoms with Crippen LogP contribution in [0.2, 0.25) is 0 Å². The highest BCUT2D eigenvalue weighted by Crippen LogP contribution is 2.28. The first-order chi connectivity index (χ1) is 14.7. The van der Waals surface area contributed by atoms with Crippen LogP contribution in [0, 0.1) is 0 Å². The zero-order valence-electron chi connectivity index (χ0n) is 16.6. The summed E-state index contributed by atoms with van der Waals surface area (Å²) in [6.07, 6.45) is 1.64. The van der Waals surface area contributed by atoms with E-state index in [9.17, 15) is 4.79 Å². The van der Waals surface area contributed by atoms with Gasteiger partial charge in [0.2, 0.25) is 5.89 Å². The number of nitrogens with one attached hydrogen (secondary N) is 1. The summed E-state index contributed by atoms with van der Waals surface area (Å²) in [5.41, 5.74) is 3.72. The third-order valence-corrected chi connectivity index (χ3v) is 4.61. The van der Waals surface area contributed by atoms with Crippen LogP contribution in [-0.4, -0.2) is 25.1 Å². The molecule has 0 bridgehead atoms. The second kappa shape index (κ2) is 8.53. The van der Waals surface area contributed by atoms with Crippen molar-refractivity contribution < 1.29 is 18.7 Å². The number of hydrogen-bond acceptors (Lipinski definition) is 5. The molecule has 30 heavy (non-hydrogen) atoms. The van der Waals surface area contributed by atoms with E-state index in [1.807, 2.05) is 42.5 Å². The Morgan fingerprint density at radius 3 is 2.30 bits per heavy atom. The molecule has 0 radical (unpaired) electrons. The number of methoxy groups -OCH3 is 2. The Hall–Kier alpha value is -4.06. The van der Waals surface area contributed by atoms with Crippen LogP contribution in [0.25, 0.3) is 22.7 Å². The lowest BCUT2D eigenvalue weighted by molar-refractivity contribution is 0.102. The molecular formula is C24H20N2O4. The van der Waals surface area contributed by atoms with Crippen molar-refractivity contribution in [2.45, 2.75) is 0 Å². The maximum absolute atomic E-state index is 12.6. The lowest BCUT2D eigenvalue weighted by Gasteiger charge is -2.10. The molecule has 6 heteroatoms. The van der Waals surface area contributed by atoms with Crippen LogP contribution in [0.4, 0.5) is 5.69 Å². The Kier molecular flexibility index (Phi) is 5.48. The van der Waals surface area contributed by atoms with E-state index in [-0.39, 0.29) is 5.91 Å². The number of carbonyl (C=O) groups excluding carboxylic acids is 1. The molecule has 4 rings (SSSR count). The monoisotopic (exact) mass is 400 g/mol. The van der Waals surface area contributed by atoms with Crippen molar-refractivity contribution in [1.82, 2.24) is 4.98 Å². The minimum Gasteiger partial charge on any atom is -0.493 e. The first-order valence-electron chi connectivity index (χ1n) is 9.32. The lowest BCUT2D eigenvalue weighted by Crippen LogP contribution is -2.12. The normalized spacial score (nSPS) is 10.5. The SMILES string of the molecule is COc1ccc(C(=O)Nc2ccc(-c3nc(-c4ccccc4)co3)cc2)cc1OC. The molecule has 1 heterocycles. The predicted octanol–water partition coefficient (Wildman–Crippen LogP) is 5.28. The largest absolute Gasteiger partial charge is 0.493 e. The van der Waals surface area contributed by atoms with E-state index in [4.69, 9.17) is 13.9 Å². The molecule has 0 saturated heterocycles. The molecule has 0 atom stereocenters. The van der Waals surface area contributed by atoms with Crippen LogP contribution in [0.3, 0.4) is 0 Å². The Morgan fingerprint density at radius 1 is 0.867 bits per heavy atom. The molecule has 0 saturated carbocycles. The number of hydrogen-bond donors (Lipinski definition) is 1. The molecule has 0 unspecified atom stereocenters. The second-order valence-corrected chi connectivity index (χ2v) is 6.51. The van der Waals surface area contributed by atoms with Crippen LogP contribution < -0.4 is 14.8 Å². The number of rotatable bonds is 6. The molecule has 1 amide bonds. The fraction of sp³-hybridized carbons (Fsp3) is 0.0833. The lowest BCUT2D eigenvalue weighted by atomic mass is 10.1. The van der Waals surface area contributed by atoms with Crippen molar-refractivity contribution in [3.63, 3.8) is 0 Å². The molecule has 4 aromatic rings. The van der Waals surface area contributed by atoms with E-state index in [0.29, 0.717) is 28.6 Å². The number of ether oxygens (including phenoxy) is 2. The average molecular weight is 400 g/mol. The molecule has 1 N–H and O–H groups in total. The summed E-state index contributed by atoms with van der Waals surface area (Å²) in [6.45, 7) is 0. The summed E-state index contributed by atoms with van der Waals surface area (Å²) in [5.74, 6) is 1.34. The maximum Gasteiger partial charge on any atom is 0.255 e. The van der Waals surface area contributed by atoms with Gasteiger partial charge in [-0.2, -0.15) is 0 Å². The van der Waals surface area contributed by atoms with Gasteiger partial charge < -0.3 is 19.2 Å². The standard InChI is InChI=1S/C24H20N2O4/c1-28-21-13-10-18(14-22(21)29-2)23(27)25-19-11-8-17(9-12-19)24-26-20(15-30-24)16-6-4-3-5-7-16/h3-15H,1-2H3,(H,25,27). The number of amides is 1. The zero-order chi connectivity index (χ0) is 20.9. The van der Waals surface area contributed by atoms with E-state index < -0.39 is 0 Å². The Labute approximate surface area is 174 Å².